The molecule has 0 radical (unpaired) electrons. The van der Waals surface area contributed by atoms with Crippen molar-refractivity contribution >= 4 is 36.1 Å². The minimum atomic E-state index is -3.44. The fraction of sp³-hybridized carbons (Fsp3) is 0.286. The molecule has 1 N–H and O–H groups in total. The second-order valence-corrected chi connectivity index (χ2v) is 8.11. The zero-order valence-electron chi connectivity index (χ0n) is 16.2. The van der Waals surface area contributed by atoms with E-state index in [4.69, 9.17) is 13.8 Å². The lowest BCUT2D eigenvalue weighted by molar-refractivity contribution is -0.110. The second kappa shape index (κ2) is 8.74. The molecule has 28 heavy (non-hydrogen) atoms. The topological polar surface area (TPSA) is 73.9 Å². The van der Waals surface area contributed by atoms with Crippen LogP contribution in [0, 0.1) is 0 Å². The number of carbonyl (C=O) groups excluding carboxylic acids is 1. The predicted molar refractivity (Wildman–Crippen MR) is 111 cm³/mol. The SMILES string of the molecule is CCOc1cccc(C=C2C(=O)Nc3ccc(P(=O)(OCC)OCC)cc32)c1. The highest BCUT2D eigenvalue weighted by Crippen LogP contribution is 2.48. The third kappa shape index (κ3) is 4.20. The minimum Gasteiger partial charge on any atom is -0.494 e. The van der Waals surface area contributed by atoms with Gasteiger partial charge in [-0.1, -0.05) is 12.1 Å². The van der Waals surface area contributed by atoms with Crippen LogP contribution >= 0.6 is 7.60 Å². The van der Waals surface area contributed by atoms with Crippen molar-refractivity contribution in [1.82, 2.24) is 0 Å². The summed E-state index contributed by atoms with van der Waals surface area (Å²) in [6, 6.07) is 12.6. The van der Waals surface area contributed by atoms with Gasteiger partial charge in [0.05, 0.1) is 25.1 Å². The van der Waals surface area contributed by atoms with Gasteiger partial charge in [-0.3, -0.25) is 9.36 Å². The summed E-state index contributed by atoms with van der Waals surface area (Å²) in [5, 5.41) is 3.27. The largest absolute Gasteiger partial charge is 0.494 e. The van der Waals surface area contributed by atoms with Crippen LogP contribution in [0.4, 0.5) is 5.69 Å². The van der Waals surface area contributed by atoms with Crippen LogP contribution < -0.4 is 15.4 Å². The quantitative estimate of drug-likeness (QED) is 0.522. The van der Waals surface area contributed by atoms with E-state index in [9.17, 15) is 9.36 Å². The van der Waals surface area contributed by atoms with Gasteiger partial charge in [0.2, 0.25) is 0 Å². The molecule has 148 valence electrons. The fourth-order valence-corrected chi connectivity index (χ4v) is 4.64. The Hall–Kier alpha value is -2.40. The van der Waals surface area contributed by atoms with Crippen molar-refractivity contribution in [2.24, 2.45) is 0 Å². The first kappa shape index (κ1) is 20.3. The lowest BCUT2D eigenvalue weighted by Gasteiger charge is -2.17. The van der Waals surface area contributed by atoms with Crippen LogP contribution in [0.2, 0.25) is 0 Å². The third-order valence-corrected chi connectivity index (χ3v) is 6.29. The second-order valence-electron chi connectivity index (χ2n) is 6.08. The van der Waals surface area contributed by atoms with E-state index >= 15 is 0 Å². The molecule has 2 aromatic rings. The van der Waals surface area contributed by atoms with Crippen molar-refractivity contribution < 1.29 is 23.1 Å². The molecule has 7 heteroatoms. The van der Waals surface area contributed by atoms with Gasteiger partial charge in [0.25, 0.3) is 5.91 Å². The van der Waals surface area contributed by atoms with Crippen LogP contribution in [0.25, 0.3) is 11.6 Å². The van der Waals surface area contributed by atoms with Crippen molar-refractivity contribution in [3.63, 3.8) is 0 Å². The van der Waals surface area contributed by atoms with Gasteiger partial charge >= 0.3 is 7.60 Å². The average molecular weight is 401 g/mol. The molecule has 3 rings (SSSR count). The smallest absolute Gasteiger partial charge is 0.361 e. The fourth-order valence-electron chi connectivity index (χ4n) is 3.04. The van der Waals surface area contributed by atoms with Gasteiger partial charge in [-0.25, -0.2) is 0 Å². The maximum atomic E-state index is 13.1. The zero-order chi connectivity index (χ0) is 20.1. The third-order valence-electron chi connectivity index (χ3n) is 4.18. The molecule has 1 amide bonds. The molecule has 1 aliphatic rings. The van der Waals surface area contributed by atoms with Crippen LogP contribution in [0.1, 0.15) is 31.9 Å². The zero-order valence-corrected chi connectivity index (χ0v) is 17.1. The van der Waals surface area contributed by atoms with Gasteiger partial charge in [-0.2, -0.15) is 0 Å². The monoisotopic (exact) mass is 401 g/mol. The molecule has 1 heterocycles. The predicted octanol–water partition coefficient (Wildman–Crippen LogP) is 4.47. The van der Waals surface area contributed by atoms with E-state index in [1.54, 1.807) is 38.1 Å². The Balaban J connectivity index is 2.03. The molecule has 0 aliphatic carbocycles. The summed E-state index contributed by atoms with van der Waals surface area (Å²) in [4.78, 5) is 12.5. The lowest BCUT2D eigenvalue weighted by Crippen LogP contribution is -2.11. The molecule has 0 bridgehead atoms. The van der Waals surface area contributed by atoms with Crippen molar-refractivity contribution in [1.29, 1.82) is 0 Å². The van der Waals surface area contributed by atoms with Gasteiger partial charge in [0, 0.05) is 16.8 Å². The Morgan fingerprint density at radius 1 is 1.00 bits per heavy atom. The number of anilines is 1. The minimum absolute atomic E-state index is 0.211. The molecular weight excluding hydrogens is 377 g/mol. The summed E-state index contributed by atoms with van der Waals surface area (Å²) in [5.41, 5.74) is 2.67. The van der Waals surface area contributed by atoms with E-state index in [2.05, 4.69) is 5.32 Å². The van der Waals surface area contributed by atoms with Gasteiger partial charge < -0.3 is 19.1 Å². The van der Waals surface area contributed by atoms with Gasteiger partial charge in [-0.15, -0.1) is 0 Å². The highest BCUT2D eigenvalue weighted by Gasteiger charge is 2.31. The normalized spacial score (nSPS) is 14.8. The van der Waals surface area contributed by atoms with Crippen molar-refractivity contribution in [2.75, 3.05) is 25.1 Å². The van der Waals surface area contributed by atoms with Crippen LogP contribution in [-0.2, 0) is 18.4 Å². The van der Waals surface area contributed by atoms with E-state index in [1.807, 2.05) is 31.2 Å². The van der Waals surface area contributed by atoms with Crippen LogP contribution in [0.3, 0.4) is 0 Å². The molecule has 0 spiro atoms. The van der Waals surface area contributed by atoms with E-state index < -0.39 is 7.60 Å². The summed E-state index contributed by atoms with van der Waals surface area (Å²) >= 11 is 0. The summed E-state index contributed by atoms with van der Waals surface area (Å²) in [6.45, 7) is 6.54. The van der Waals surface area contributed by atoms with Gasteiger partial charge in [0.15, 0.2) is 0 Å². The first-order chi connectivity index (χ1) is 13.5. The van der Waals surface area contributed by atoms with E-state index in [1.165, 1.54) is 0 Å². The van der Waals surface area contributed by atoms with E-state index in [0.29, 0.717) is 28.7 Å². The summed E-state index contributed by atoms with van der Waals surface area (Å²) in [6.07, 6.45) is 1.79. The van der Waals surface area contributed by atoms with Crippen molar-refractivity contribution in [3.05, 3.63) is 53.6 Å². The van der Waals surface area contributed by atoms with Crippen LogP contribution in [-0.4, -0.2) is 25.7 Å². The number of rotatable bonds is 8. The molecule has 1 aliphatic heterocycles. The molecule has 0 aromatic heterocycles. The van der Waals surface area contributed by atoms with Crippen LogP contribution in [0.15, 0.2) is 42.5 Å². The van der Waals surface area contributed by atoms with Crippen molar-refractivity contribution in [3.8, 4) is 5.75 Å². The number of nitrogens with one attached hydrogen (secondary N) is 1. The van der Waals surface area contributed by atoms with Gasteiger partial charge in [-0.05, 0) is 62.7 Å². The average Bonchev–Trinajstić information content (AvgIpc) is 2.97. The van der Waals surface area contributed by atoms with Crippen molar-refractivity contribution in [2.45, 2.75) is 20.8 Å². The summed E-state index contributed by atoms with van der Waals surface area (Å²) in [7, 11) is -3.44. The Bertz CT molecular complexity index is 944. The van der Waals surface area contributed by atoms with E-state index in [-0.39, 0.29) is 19.1 Å². The first-order valence-electron chi connectivity index (χ1n) is 9.30. The maximum absolute atomic E-state index is 13.1. The maximum Gasteiger partial charge on any atom is 0.361 e. The first-order valence-corrected chi connectivity index (χ1v) is 10.8. The molecule has 0 fully saturated rings. The van der Waals surface area contributed by atoms with E-state index in [0.717, 1.165) is 11.3 Å². The standard InChI is InChI=1S/C21H24NO5P/c1-4-25-16-9-7-8-15(12-16)13-19-18-14-17(10-11-20(18)22-21(19)23)28(24,26-5-2)27-6-3/h7-14H,4-6H2,1-3H3,(H,22,23). The molecule has 0 atom stereocenters. The number of carbonyl (C=O) groups is 1. The Morgan fingerprint density at radius 3 is 2.43 bits per heavy atom. The Labute approximate surface area is 165 Å². The summed E-state index contributed by atoms with van der Waals surface area (Å²) < 4.78 is 29.5. The Morgan fingerprint density at radius 2 is 1.75 bits per heavy atom. The highest BCUT2D eigenvalue weighted by molar-refractivity contribution is 7.62. The number of benzene rings is 2. The highest BCUT2D eigenvalue weighted by atomic mass is 31.2. The molecule has 0 saturated heterocycles. The molecule has 0 unspecified atom stereocenters. The molecule has 6 nitrogen and oxygen atoms in total. The number of amides is 1. The van der Waals surface area contributed by atoms with Crippen LogP contribution in [0.5, 0.6) is 5.75 Å². The molecule has 2 aromatic carbocycles. The molecule has 0 saturated carbocycles. The number of hydrogen-bond donors (Lipinski definition) is 1. The number of hydrogen-bond acceptors (Lipinski definition) is 5. The lowest BCUT2D eigenvalue weighted by atomic mass is 10.0. The number of ether oxygens (including phenoxy) is 1. The summed E-state index contributed by atoms with van der Waals surface area (Å²) in [5.74, 6) is 0.526. The number of fused-ring (bicyclic) bond motifs is 1. The Kier molecular flexibility index (Phi) is 6.35. The van der Waals surface area contributed by atoms with Gasteiger partial charge in [0.1, 0.15) is 5.75 Å². The molecular formula is C21H24NO5P.